The molecule has 70 valence electrons. The second-order valence-electron chi connectivity index (χ2n) is 4.17. The summed E-state index contributed by atoms with van der Waals surface area (Å²) in [5, 5.41) is 0. The Morgan fingerprint density at radius 3 is 2.75 bits per heavy atom. The van der Waals surface area contributed by atoms with Crippen molar-refractivity contribution in [1.82, 2.24) is 4.90 Å². The zero-order valence-corrected chi connectivity index (χ0v) is 8.18. The predicted molar refractivity (Wildman–Crippen MR) is 49.7 cm³/mol. The Kier molecular flexibility index (Phi) is 3.27. The van der Waals surface area contributed by atoms with Crippen LogP contribution in [0.4, 0.5) is 4.39 Å². The van der Waals surface area contributed by atoms with Gasteiger partial charge in [-0.05, 0) is 31.4 Å². The minimum Gasteiger partial charge on any atom is -0.299 e. The number of rotatable bonds is 2. The molecule has 0 spiro atoms. The maximum Gasteiger partial charge on any atom is 0.0872 e. The quantitative estimate of drug-likeness (QED) is 0.617. The second kappa shape index (κ2) is 4.04. The van der Waals surface area contributed by atoms with Crippen LogP contribution in [-0.2, 0) is 0 Å². The number of hydrogen-bond acceptors (Lipinski definition) is 1. The molecule has 0 aromatic heterocycles. The van der Waals surface area contributed by atoms with Crippen LogP contribution in [-0.4, -0.2) is 24.5 Å². The van der Waals surface area contributed by atoms with Crippen LogP contribution >= 0.6 is 0 Å². The largest absolute Gasteiger partial charge is 0.299 e. The Labute approximate surface area is 74.3 Å². The van der Waals surface area contributed by atoms with E-state index in [1.165, 1.54) is 6.42 Å². The Hall–Kier alpha value is -0.370. The first-order valence-electron chi connectivity index (χ1n) is 4.62. The summed E-state index contributed by atoms with van der Waals surface area (Å²) in [5.41, 5.74) is 0.947. The van der Waals surface area contributed by atoms with Crippen LogP contribution in [0.5, 0.6) is 0 Å². The van der Waals surface area contributed by atoms with Crippen molar-refractivity contribution in [3.8, 4) is 0 Å². The van der Waals surface area contributed by atoms with E-state index in [4.69, 9.17) is 0 Å². The molecule has 1 aliphatic rings. The van der Waals surface area contributed by atoms with Gasteiger partial charge < -0.3 is 0 Å². The van der Waals surface area contributed by atoms with Gasteiger partial charge in [-0.3, -0.25) is 4.90 Å². The lowest BCUT2D eigenvalue weighted by Gasteiger charge is -2.20. The first-order chi connectivity index (χ1) is 5.63. The van der Waals surface area contributed by atoms with Crippen LogP contribution in [0.1, 0.15) is 26.7 Å². The summed E-state index contributed by atoms with van der Waals surface area (Å²) in [5.74, 6) is 0.705. The van der Waals surface area contributed by atoms with Crippen LogP contribution in [0, 0.1) is 5.92 Å². The van der Waals surface area contributed by atoms with Gasteiger partial charge in [0.1, 0.15) is 0 Å². The molecule has 0 amide bonds. The molecule has 1 saturated heterocycles. The average molecular weight is 171 g/mol. The molecule has 12 heavy (non-hydrogen) atoms. The topological polar surface area (TPSA) is 3.24 Å². The van der Waals surface area contributed by atoms with Crippen molar-refractivity contribution in [1.29, 1.82) is 0 Å². The van der Waals surface area contributed by atoms with Crippen LogP contribution in [0.2, 0.25) is 0 Å². The van der Waals surface area contributed by atoms with Crippen molar-refractivity contribution in [2.24, 2.45) is 5.92 Å². The van der Waals surface area contributed by atoms with Gasteiger partial charge in [0, 0.05) is 12.6 Å². The highest BCUT2D eigenvalue weighted by molar-refractivity contribution is 5.09. The second-order valence-corrected chi connectivity index (χ2v) is 4.17. The van der Waals surface area contributed by atoms with E-state index < -0.39 is 0 Å². The molecule has 1 atom stereocenters. The maximum absolute atomic E-state index is 12.2. The van der Waals surface area contributed by atoms with Crippen molar-refractivity contribution in [2.45, 2.75) is 32.7 Å². The van der Waals surface area contributed by atoms with E-state index in [1.807, 2.05) is 0 Å². The van der Waals surface area contributed by atoms with E-state index in [9.17, 15) is 4.39 Å². The first-order valence-corrected chi connectivity index (χ1v) is 4.62. The van der Waals surface area contributed by atoms with E-state index >= 15 is 0 Å². The molecule has 1 aliphatic heterocycles. The van der Waals surface area contributed by atoms with Crippen molar-refractivity contribution < 1.29 is 4.39 Å². The molecule has 1 heterocycles. The number of hydrogen-bond donors (Lipinski definition) is 0. The zero-order valence-electron chi connectivity index (χ0n) is 8.18. The van der Waals surface area contributed by atoms with Gasteiger partial charge in [0.15, 0.2) is 0 Å². The molecule has 0 radical (unpaired) electrons. The molecule has 1 unspecified atom stereocenters. The van der Waals surface area contributed by atoms with Gasteiger partial charge in [-0.25, -0.2) is 4.39 Å². The third-order valence-electron chi connectivity index (χ3n) is 2.47. The molecule has 0 N–H and O–H groups in total. The fraction of sp³-hybridized carbons (Fsp3) is 0.800. The van der Waals surface area contributed by atoms with E-state index in [0.717, 1.165) is 24.9 Å². The maximum atomic E-state index is 12.2. The molecule has 1 rings (SSSR count). The zero-order chi connectivity index (χ0) is 9.14. The molecule has 0 aromatic rings. The summed E-state index contributed by atoms with van der Waals surface area (Å²) < 4.78 is 12.2. The van der Waals surface area contributed by atoms with E-state index in [2.05, 4.69) is 25.8 Å². The summed E-state index contributed by atoms with van der Waals surface area (Å²) in [7, 11) is 2.07. The highest BCUT2D eigenvalue weighted by atomic mass is 19.1. The van der Waals surface area contributed by atoms with E-state index in [0.29, 0.717) is 12.0 Å². The normalized spacial score (nSPS) is 29.1. The summed E-state index contributed by atoms with van der Waals surface area (Å²) in [6.07, 6.45) is 2.87. The predicted octanol–water partition coefficient (Wildman–Crippen LogP) is 2.59. The third-order valence-corrected chi connectivity index (χ3v) is 2.47. The molecule has 0 aromatic carbocycles. The van der Waals surface area contributed by atoms with Gasteiger partial charge in [-0.1, -0.05) is 13.8 Å². The van der Waals surface area contributed by atoms with Gasteiger partial charge in [0.2, 0.25) is 0 Å². The van der Waals surface area contributed by atoms with E-state index in [-0.39, 0.29) is 0 Å². The van der Waals surface area contributed by atoms with Crippen molar-refractivity contribution in [3.63, 3.8) is 0 Å². The van der Waals surface area contributed by atoms with Crippen LogP contribution < -0.4 is 0 Å². The highest BCUT2D eigenvalue weighted by Crippen LogP contribution is 2.25. The van der Waals surface area contributed by atoms with Crippen molar-refractivity contribution in [2.75, 3.05) is 13.6 Å². The van der Waals surface area contributed by atoms with Gasteiger partial charge in [0.05, 0.1) is 6.33 Å². The Morgan fingerprint density at radius 2 is 2.33 bits per heavy atom. The van der Waals surface area contributed by atoms with Crippen LogP contribution in [0.25, 0.3) is 0 Å². The molecule has 0 aliphatic carbocycles. The van der Waals surface area contributed by atoms with Crippen LogP contribution in [0.15, 0.2) is 11.9 Å². The number of likely N-dealkylation sites (tertiary alicyclic amines) is 1. The number of nitrogens with zero attached hydrogens (tertiary/aromatic N) is 1. The highest BCUT2D eigenvalue weighted by Gasteiger charge is 2.25. The first kappa shape index (κ1) is 9.72. The van der Waals surface area contributed by atoms with Crippen LogP contribution in [0.3, 0.4) is 0 Å². The van der Waals surface area contributed by atoms with Gasteiger partial charge in [-0.15, -0.1) is 0 Å². The standard InChI is InChI=1S/C10H18FN/c1-8(2)4-10-5-9(6-11)7-12(10)3/h6,8,10H,4-5,7H2,1-3H3/b9-6-. The Bertz CT molecular complexity index is 175. The van der Waals surface area contributed by atoms with Crippen molar-refractivity contribution in [3.05, 3.63) is 11.9 Å². The lowest BCUT2D eigenvalue weighted by Crippen LogP contribution is -2.26. The number of halogens is 1. The fourth-order valence-electron chi connectivity index (χ4n) is 1.86. The summed E-state index contributed by atoms with van der Waals surface area (Å²) in [6, 6.07) is 0.562. The number of likely N-dealkylation sites (N-methyl/N-ethyl adjacent to an activating group) is 1. The monoisotopic (exact) mass is 171 g/mol. The van der Waals surface area contributed by atoms with E-state index in [1.54, 1.807) is 0 Å². The minimum absolute atomic E-state index is 0.562. The molecular formula is C10H18FN. The summed E-state index contributed by atoms with van der Waals surface area (Å²) >= 11 is 0. The lowest BCUT2D eigenvalue weighted by molar-refractivity contribution is 0.273. The lowest BCUT2D eigenvalue weighted by atomic mass is 10.0. The third kappa shape index (κ3) is 2.31. The smallest absolute Gasteiger partial charge is 0.0872 e. The summed E-state index contributed by atoms with van der Waals surface area (Å²) in [4.78, 5) is 2.24. The fourth-order valence-corrected chi connectivity index (χ4v) is 1.86. The SMILES string of the molecule is CC(C)CC1C/C(=C/F)CN1C. The molecule has 0 bridgehead atoms. The molecule has 1 fully saturated rings. The van der Waals surface area contributed by atoms with Gasteiger partial charge in [0.25, 0.3) is 0 Å². The molecule has 1 nitrogen and oxygen atoms in total. The average Bonchev–Trinajstić information content (AvgIpc) is 2.31. The molecule has 0 saturated carbocycles. The van der Waals surface area contributed by atoms with Crippen molar-refractivity contribution >= 4 is 0 Å². The minimum atomic E-state index is 0.562. The summed E-state index contributed by atoms with van der Waals surface area (Å²) in [6.45, 7) is 5.24. The Balaban J connectivity index is 2.46. The Morgan fingerprint density at radius 1 is 1.67 bits per heavy atom. The molecule has 2 heteroatoms. The molecular weight excluding hydrogens is 153 g/mol. The van der Waals surface area contributed by atoms with Gasteiger partial charge in [-0.2, -0.15) is 0 Å². The van der Waals surface area contributed by atoms with Gasteiger partial charge >= 0.3 is 0 Å².